The van der Waals surface area contributed by atoms with E-state index < -0.39 is 6.03 Å². The van der Waals surface area contributed by atoms with Crippen LogP contribution in [0.2, 0.25) is 0 Å². The summed E-state index contributed by atoms with van der Waals surface area (Å²) in [6, 6.07) is 16.5. The predicted molar refractivity (Wildman–Crippen MR) is 143 cm³/mol. The Morgan fingerprint density at radius 3 is 2.57 bits per heavy atom. The summed E-state index contributed by atoms with van der Waals surface area (Å²) in [5.74, 6) is 1.40. The number of nitrogens with one attached hydrogen (secondary N) is 3. The molecule has 2 amide bonds. The number of hydrogen-bond acceptors (Lipinski definition) is 5. The third-order valence-corrected chi connectivity index (χ3v) is 5.58. The third-order valence-electron chi connectivity index (χ3n) is 5.58. The molecule has 0 saturated heterocycles. The average molecular weight is 503 g/mol. The number of benzene rings is 2. The summed E-state index contributed by atoms with van der Waals surface area (Å²) in [5, 5.41) is 13.4. The summed E-state index contributed by atoms with van der Waals surface area (Å²) in [7, 11) is 1.86. The molecule has 192 valence electrons. The van der Waals surface area contributed by atoms with Gasteiger partial charge in [-0.05, 0) is 62.0 Å². The molecule has 0 bridgehead atoms. The minimum absolute atomic E-state index is 0.263. The fourth-order valence-electron chi connectivity index (χ4n) is 3.69. The minimum atomic E-state index is -0.447. The molecule has 2 heterocycles. The van der Waals surface area contributed by atoms with Gasteiger partial charge in [-0.2, -0.15) is 5.10 Å². The lowest BCUT2D eigenvalue weighted by molar-refractivity contribution is 0.262. The molecule has 2 aromatic carbocycles. The van der Waals surface area contributed by atoms with Crippen LogP contribution in [0.4, 0.5) is 20.7 Å². The Morgan fingerprint density at radius 1 is 1.05 bits per heavy atom. The first-order valence-corrected chi connectivity index (χ1v) is 11.9. The number of pyridine rings is 1. The molecule has 4 rings (SSSR count). The smallest absolute Gasteiger partial charge is 0.324 e. The Labute approximate surface area is 215 Å². The van der Waals surface area contributed by atoms with Crippen LogP contribution >= 0.6 is 0 Å². The van der Waals surface area contributed by atoms with Crippen LogP contribution in [0.3, 0.4) is 0 Å². The van der Waals surface area contributed by atoms with E-state index in [2.05, 4.69) is 26.0 Å². The van der Waals surface area contributed by atoms with Gasteiger partial charge in [-0.1, -0.05) is 26.8 Å². The molecule has 0 fully saturated rings. The van der Waals surface area contributed by atoms with Crippen molar-refractivity contribution in [1.29, 1.82) is 0 Å². The highest BCUT2D eigenvalue weighted by molar-refractivity contribution is 5.99. The number of hydrogen-bond donors (Lipinski definition) is 3. The van der Waals surface area contributed by atoms with Gasteiger partial charge in [-0.25, -0.2) is 13.9 Å². The third kappa shape index (κ3) is 6.50. The first-order chi connectivity index (χ1) is 17.6. The lowest BCUT2D eigenvalue weighted by Crippen LogP contribution is -2.21. The molecule has 4 aromatic rings. The zero-order valence-corrected chi connectivity index (χ0v) is 21.6. The number of aromatic nitrogens is 3. The molecular formula is C28H31FN6O2. The topological polar surface area (TPSA) is 93.1 Å². The second-order valence-electron chi connectivity index (χ2n) is 9.73. The van der Waals surface area contributed by atoms with Crippen LogP contribution in [0.5, 0.6) is 11.5 Å². The maximum atomic E-state index is 13.9. The minimum Gasteiger partial charge on any atom is -0.457 e. The number of anilines is 2. The first-order valence-electron chi connectivity index (χ1n) is 11.9. The summed E-state index contributed by atoms with van der Waals surface area (Å²) in [4.78, 5) is 17.2. The van der Waals surface area contributed by atoms with Crippen molar-refractivity contribution in [2.75, 3.05) is 17.7 Å². The second-order valence-corrected chi connectivity index (χ2v) is 9.73. The molecule has 0 saturated carbocycles. The maximum absolute atomic E-state index is 13.9. The Hall–Kier alpha value is -4.24. The summed E-state index contributed by atoms with van der Waals surface area (Å²) in [5.41, 5.74) is 3.33. The summed E-state index contributed by atoms with van der Waals surface area (Å²) < 4.78 is 21.4. The molecule has 3 N–H and O–H groups in total. The molecule has 0 radical (unpaired) electrons. The summed E-state index contributed by atoms with van der Waals surface area (Å²) >= 11 is 0. The van der Waals surface area contributed by atoms with Crippen molar-refractivity contribution in [3.8, 4) is 17.2 Å². The second kappa shape index (κ2) is 10.8. The van der Waals surface area contributed by atoms with E-state index in [1.807, 2.05) is 46.9 Å². The van der Waals surface area contributed by atoms with E-state index in [1.54, 1.807) is 42.6 Å². The van der Waals surface area contributed by atoms with Crippen LogP contribution < -0.4 is 20.7 Å². The van der Waals surface area contributed by atoms with Crippen molar-refractivity contribution in [3.05, 3.63) is 89.6 Å². The highest BCUT2D eigenvalue weighted by Gasteiger charge is 2.22. The fraction of sp³-hybridized carbons (Fsp3) is 0.250. The first kappa shape index (κ1) is 25.8. The van der Waals surface area contributed by atoms with E-state index in [9.17, 15) is 9.18 Å². The molecule has 0 aliphatic carbocycles. The van der Waals surface area contributed by atoms with Gasteiger partial charge in [-0.15, -0.1) is 0 Å². The van der Waals surface area contributed by atoms with Crippen molar-refractivity contribution in [2.45, 2.75) is 39.7 Å². The number of rotatable bonds is 7. The predicted octanol–water partition coefficient (Wildman–Crippen LogP) is 6.17. The van der Waals surface area contributed by atoms with E-state index in [1.165, 1.54) is 16.8 Å². The standard InChI is InChI=1S/C28H31FN6O2/c1-18-13-20(9-10-24(18)37-23-11-12-31-21(15-23)17-30-5)32-27(36)33-26-16-25(28(2,3)4)34-35(26)22-8-6-7-19(29)14-22/h6-16,30H,17H2,1-5H3,(H2,32,33,36). The average Bonchev–Trinajstić information content (AvgIpc) is 3.26. The maximum Gasteiger partial charge on any atom is 0.324 e. The number of carbonyl (C=O) groups excluding carboxylic acids is 1. The lowest BCUT2D eigenvalue weighted by Gasteiger charge is -2.14. The van der Waals surface area contributed by atoms with Crippen LogP contribution in [0.1, 0.15) is 37.7 Å². The number of carbonyl (C=O) groups is 1. The Bertz CT molecular complexity index is 1410. The van der Waals surface area contributed by atoms with Crippen molar-refractivity contribution in [2.24, 2.45) is 0 Å². The number of amides is 2. The fourth-order valence-corrected chi connectivity index (χ4v) is 3.69. The van der Waals surface area contributed by atoms with Crippen LogP contribution in [0.25, 0.3) is 5.69 Å². The van der Waals surface area contributed by atoms with Crippen LogP contribution in [-0.4, -0.2) is 27.8 Å². The van der Waals surface area contributed by atoms with Gasteiger partial charge in [-0.3, -0.25) is 10.3 Å². The number of urea groups is 1. The highest BCUT2D eigenvalue weighted by atomic mass is 19.1. The van der Waals surface area contributed by atoms with Gasteiger partial charge in [0.1, 0.15) is 23.1 Å². The number of nitrogens with zero attached hydrogens (tertiary/aromatic N) is 3. The molecule has 37 heavy (non-hydrogen) atoms. The summed E-state index contributed by atoms with van der Waals surface area (Å²) in [6.45, 7) is 8.62. The Morgan fingerprint density at radius 2 is 1.86 bits per heavy atom. The van der Waals surface area contributed by atoms with E-state index in [4.69, 9.17) is 4.74 Å². The normalized spacial score (nSPS) is 11.3. The largest absolute Gasteiger partial charge is 0.457 e. The van der Waals surface area contributed by atoms with Crippen LogP contribution in [0.15, 0.2) is 66.9 Å². The van der Waals surface area contributed by atoms with Gasteiger partial charge >= 0.3 is 6.03 Å². The van der Waals surface area contributed by atoms with Crippen LogP contribution in [0, 0.1) is 12.7 Å². The molecule has 0 spiro atoms. The van der Waals surface area contributed by atoms with Crippen molar-refractivity contribution < 1.29 is 13.9 Å². The Balaban J connectivity index is 1.50. The number of halogens is 1. The molecule has 0 aliphatic rings. The number of ether oxygens (including phenoxy) is 1. The molecule has 9 heteroatoms. The van der Waals surface area contributed by atoms with E-state index in [0.717, 1.165) is 17.0 Å². The monoisotopic (exact) mass is 502 g/mol. The van der Waals surface area contributed by atoms with Gasteiger partial charge < -0.3 is 15.4 Å². The van der Waals surface area contributed by atoms with Gasteiger partial charge in [0, 0.05) is 36.0 Å². The Kier molecular flexibility index (Phi) is 7.54. The van der Waals surface area contributed by atoms with Gasteiger partial charge in [0.25, 0.3) is 0 Å². The molecule has 0 atom stereocenters. The van der Waals surface area contributed by atoms with Gasteiger partial charge in [0.15, 0.2) is 0 Å². The van der Waals surface area contributed by atoms with E-state index >= 15 is 0 Å². The SMILES string of the molecule is CNCc1cc(Oc2ccc(NC(=O)Nc3cc(C(C)(C)C)nn3-c3cccc(F)c3)cc2C)ccn1. The quantitative estimate of drug-likeness (QED) is 0.281. The molecule has 0 unspecified atom stereocenters. The zero-order chi connectivity index (χ0) is 26.6. The van der Waals surface area contributed by atoms with Crippen molar-refractivity contribution in [1.82, 2.24) is 20.1 Å². The van der Waals surface area contributed by atoms with E-state index in [0.29, 0.717) is 35.2 Å². The summed E-state index contributed by atoms with van der Waals surface area (Å²) in [6.07, 6.45) is 1.71. The molecule has 2 aromatic heterocycles. The van der Waals surface area contributed by atoms with Gasteiger partial charge in [0.05, 0.1) is 17.1 Å². The lowest BCUT2D eigenvalue weighted by atomic mass is 9.92. The molecule has 0 aliphatic heterocycles. The zero-order valence-electron chi connectivity index (χ0n) is 21.6. The molecule has 8 nitrogen and oxygen atoms in total. The van der Waals surface area contributed by atoms with Crippen molar-refractivity contribution in [3.63, 3.8) is 0 Å². The highest BCUT2D eigenvalue weighted by Crippen LogP contribution is 2.29. The van der Waals surface area contributed by atoms with E-state index in [-0.39, 0.29) is 11.2 Å². The molecular weight excluding hydrogens is 471 g/mol. The van der Waals surface area contributed by atoms with Gasteiger partial charge in [0.2, 0.25) is 0 Å². The van der Waals surface area contributed by atoms with Crippen molar-refractivity contribution >= 4 is 17.5 Å². The van der Waals surface area contributed by atoms with Crippen LogP contribution in [-0.2, 0) is 12.0 Å². The number of aryl methyl sites for hydroxylation is 1.